The van der Waals surface area contributed by atoms with Crippen molar-refractivity contribution in [1.82, 2.24) is 0 Å². The fourth-order valence-corrected chi connectivity index (χ4v) is 2.99. The molecule has 1 heteroatoms. The molecule has 0 saturated heterocycles. The quantitative estimate of drug-likeness (QED) is 0.662. The molecule has 3 aromatic carbocycles. The van der Waals surface area contributed by atoms with Crippen LogP contribution in [0.5, 0.6) is 5.75 Å². The summed E-state index contributed by atoms with van der Waals surface area (Å²) in [4.78, 5) is 0. The largest absolute Gasteiger partial charge is 0.508 e. The van der Waals surface area contributed by atoms with E-state index >= 15 is 0 Å². The standard InChI is InChI=1S/C22H20O/c1-2-21(17-9-5-3-6-10-17)22(18-11-7-4-8-12-18)19-13-15-20(23)16-14-19/h2-16,22-23H,1H3/b21-2+. The van der Waals surface area contributed by atoms with Crippen LogP contribution in [0.2, 0.25) is 0 Å². The van der Waals surface area contributed by atoms with Gasteiger partial charge in [0.15, 0.2) is 0 Å². The maximum atomic E-state index is 9.61. The zero-order chi connectivity index (χ0) is 16.1. The molecule has 1 N–H and O–H groups in total. The molecule has 114 valence electrons. The first-order valence-electron chi connectivity index (χ1n) is 7.85. The van der Waals surface area contributed by atoms with Crippen LogP contribution in [0.15, 0.2) is 91.0 Å². The number of aromatic hydroxyl groups is 1. The third kappa shape index (κ3) is 3.35. The van der Waals surface area contributed by atoms with Gasteiger partial charge in [0.05, 0.1) is 0 Å². The predicted octanol–water partition coefficient (Wildman–Crippen LogP) is 5.63. The molecule has 0 bridgehead atoms. The summed E-state index contributed by atoms with van der Waals surface area (Å²) in [7, 11) is 0. The van der Waals surface area contributed by atoms with Gasteiger partial charge in [0.2, 0.25) is 0 Å². The number of hydrogen-bond donors (Lipinski definition) is 1. The Hall–Kier alpha value is -2.80. The van der Waals surface area contributed by atoms with Gasteiger partial charge >= 0.3 is 0 Å². The number of phenols is 1. The molecule has 0 aliphatic rings. The van der Waals surface area contributed by atoms with Gasteiger partial charge in [0, 0.05) is 5.92 Å². The lowest BCUT2D eigenvalue weighted by Crippen LogP contribution is -2.04. The van der Waals surface area contributed by atoms with E-state index in [9.17, 15) is 5.11 Å². The first kappa shape index (κ1) is 15.1. The van der Waals surface area contributed by atoms with Gasteiger partial charge in [-0.15, -0.1) is 0 Å². The van der Waals surface area contributed by atoms with Gasteiger partial charge < -0.3 is 5.11 Å². The third-order valence-electron chi connectivity index (χ3n) is 4.09. The van der Waals surface area contributed by atoms with Gasteiger partial charge in [-0.05, 0) is 41.3 Å². The van der Waals surface area contributed by atoms with Gasteiger partial charge in [-0.1, -0.05) is 78.9 Å². The molecule has 1 nitrogen and oxygen atoms in total. The van der Waals surface area contributed by atoms with E-state index in [0.717, 1.165) is 0 Å². The summed E-state index contributed by atoms with van der Waals surface area (Å²) >= 11 is 0. The van der Waals surface area contributed by atoms with E-state index in [1.807, 2.05) is 24.3 Å². The van der Waals surface area contributed by atoms with E-state index < -0.39 is 0 Å². The molecule has 0 amide bonds. The van der Waals surface area contributed by atoms with E-state index in [0.29, 0.717) is 5.75 Å². The number of allylic oxidation sites excluding steroid dienone is 2. The average molecular weight is 300 g/mol. The molecule has 0 aliphatic carbocycles. The van der Waals surface area contributed by atoms with Crippen LogP contribution < -0.4 is 0 Å². The van der Waals surface area contributed by atoms with Crippen molar-refractivity contribution in [2.24, 2.45) is 0 Å². The summed E-state index contributed by atoms with van der Waals surface area (Å²) in [5.41, 5.74) is 4.90. The van der Waals surface area contributed by atoms with Crippen LogP contribution in [0.1, 0.15) is 29.5 Å². The smallest absolute Gasteiger partial charge is 0.115 e. The van der Waals surface area contributed by atoms with Crippen LogP contribution in [0.4, 0.5) is 0 Å². The zero-order valence-corrected chi connectivity index (χ0v) is 13.2. The summed E-state index contributed by atoms with van der Waals surface area (Å²) in [5.74, 6) is 0.437. The van der Waals surface area contributed by atoms with E-state index in [2.05, 4.69) is 61.5 Å². The lowest BCUT2D eigenvalue weighted by Gasteiger charge is -2.22. The van der Waals surface area contributed by atoms with Gasteiger partial charge in [0.25, 0.3) is 0 Å². The first-order chi connectivity index (χ1) is 11.3. The van der Waals surface area contributed by atoms with Crippen LogP contribution in [-0.4, -0.2) is 5.11 Å². The molecule has 0 aromatic heterocycles. The highest BCUT2D eigenvalue weighted by Crippen LogP contribution is 2.38. The average Bonchev–Trinajstić information content (AvgIpc) is 2.62. The molecule has 1 atom stereocenters. The Balaban J connectivity index is 2.13. The number of benzene rings is 3. The minimum Gasteiger partial charge on any atom is -0.508 e. The van der Waals surface area contributed by atoms with E-state index in [4.69, 9.17) is 0 Å². The highest BCUT2D eigenvalue weighted by molar-refractivity contribution is 5.75. The molecular weight excluding hydrogens is 280 g/mol. The number of phenolic OH excluding ortho intramolecular Hbond substituents is 1. The molecule has 0 fully saturated rings. The summed E-state index contributed by atoms with van der Waals surface area (Å²) in [6.07, 6.45) is 2.18. The van der Waals surface area contributed by atoms with Crippen molar-refractivity contribution in [3.05, 3.63) is 108 Å². The van der Waals surface area contributed by atoms with Crippen LogP contribution in [0.3, 0.4) is 0 Å². The van der Waals surface area contributed by atoms with Crippen LogP contribution in [0.25, 0.3) is 5.57 Å². The van der Waals surface area contributed by atoms with Crippen molar-refractivity contribution in [3.63, 3.8) is 0 Å². The van der Waals surface area contributed by atoms with Crippen LogP contribution in [-0.2, 0) is 0 Å². The lowest BCUT2D eigenvalue weighted by molar-refractivity contribution is 0.475. The second-order valence-electron chi connectivity index (χ2n) is 5.55. The lowest BCUT2D eigenvalue weighted by atomic mass is 9.81. The van der Waals surface area contributed by atoms with Gasteiger partial charge in [0.1, 0.15) is 5.75 Å². The van der Waals surface area contributed by atoms with Crippen molar-refractivity contribution >= 4 is 5.57 Å². The molecule has 0 radical (unpaired) electrons. The van der Waals surface area contributed by atoms with Crippen LogP contribution >= 0.6 is 0 Å². The molecule has 0 heterocycles. The van der Waals surface area contributed by atoms with Crippen LogP contribution in [0, 0.1) is 0 Å². The Bertz CT molecular complexity index is 771. The molecule has 0 saturated carbocycles. The van der Waals surface area contributed by atoms with Crippen molar-refractivity contribution < 1.29 is 5.11 Å². The second kappa shape index (κ2) is 6.97. The zero-order valence-electron chi connectivity index (χ0n) is 13.2. The fourth-order valence-electron chi connectivity index (χ4n) is 2.99. The monoisotopic (exact) mass is 300 g/mol. The fraction of sp³-hybridized carbons (Fsp3) is 0.0909. The molecule has 3 rings (SSSR count). The van der Waals surface area contributed by atoms with E-state index in [-0.39, 0.29) is 5.92 Å². The molecule has 0 aliphatic heterocycles. The van der Waals surface area contributed by atoms with Gasteiger partial charge in [-0.25, -0.2) is 0 Å². The topological polar surface area (TPSA) is 20.2 Å². The molecular formula is C22H20O. The summed E-state index contributed by atoms with van der Waals surface area (Å²) < 4.78 is 0. The Kier molecular flexibility index (Phi) is 4.58. The number of hydrogen-bond acceptors (Lipinski definition) is 1. The Labute approximate surface area is 137 Å². The number of rotatable bonds is 4. The predicted molar refractivity (Wildman–Crippen MR) is 96.5 cm³/mol. The first-order valence-corrected chi connectivity index (χ1v) is 7.85. The minimum absolute atomic E-state index is 0.143. The van der Waals surface area contributed by atoms with Crippen molar-refractivity contribution in [2.75, 3.05) is 0 Å². The van der Waals surface area contributed by atoms with E-state index in [1.54, 1.807) is 12.1 Å². The highest BCUT2D eigenvalue weighted by Gasteiger charge is 2.19. The normalized spacial score (nSPS) is 12.8. The van der Waals surface area contributed by atoms with Gasteiger partial charge in [-0.3, -0.25) is 0 Å². The highest BCUT2D eigenvalue weighted by atomic mass is 16.3. The van der Waals surface area contributed by atoms with Gasteiger partial charge in [-0.2, -0.15) is 0 Å². The van der Waals surface area contributed by atoms with E-state index in [1.165, 1.54) is 22.3 Å². The van der Waals surface area contributed by atoms with Crippen molar-refractivity contribution in [1.29, 1.82) is 0 Å². The second-order valence-corrected chi connectivity index (χ2v) is 5.55. The Morgan fingerprint density at radius 3 is 1.83 bits per heavy atom. The summed E-state index contributed by atoms with van der Waals surface area (Å²) in [6, 6.07) is 28.5. The summed E-state index contributed by atoms with van der Waals surface area (Å²) in [5, 5.41) is 9.61. The van der Waals surface area contributed by atoms with Crippen molar-refractivity contribution in [2.45, 2.75) is 12.8 Å². The maximum Gasteiger partial charge on any atom is 0.115 e. The minimum atomic E-state index is 0.143. The molecule has 0 spiro atoms. The third-order valence-corrected chi connectivity index (χ3v) is 4.09. The SMILES string of the molecule is C/C=C(\c1ccccc1)C(c1ccccc1)c1ccc(O)cc1. The Morgan fingerprint density at radius 2 is 1.26 bits per heavy atom. The molecule has 1 unspecified atom stereocenters. The summed E-state index contributed by atoms with van der Waals surface area (Å²) in [6.45, 7) is 2.08. The molecule has 3 aromatic rings. The maximum absolute atomic E-state index is 9.61. The van der Waals surface area contributed by atoms with Crippen molar-refractivity contribution in [3.8, 4) is 5.75 Å². The molecule has 23 heavy (non-hydrogen) atoms. The Morgan fingerprint density at radius 1 is 0.739 bits per heavy atom.